The highest BCUT2D eigenvalue weighted by atomic mass is 16.5. The summed E-state index contributed by atoms with van der Waals surface area (Å²) in [6.45, 7) is 5.81. The standard InChI is InChI=1S/C25H25N3O3/c1-17-10-12-21(13-11-17)25(30)28-26-15-20-7-5-8-22(14-20)31-16-24(29)27-23-9-4-6-18(2)19(23)3/h4-15H,16H2,1-3H3,(H,27,29)(H,28,30)/b26-15+. The van der Waals surface area contributed by atoms with Crippen molar-refractivity contribution in [3.05, 3.63) is 94.5 Å². The third-order valence-corrected chi connectivity index (χ3v) is 4.80. The van der Waals surface area contributed by atoms with Gasteiger partial charge in [-0.2, -0.15) is 5.10 Å². The van der Waals surface area contributed by atoms with Gasteiger partial charge in [0.25, 0.3) is 11.8 Å². The zero-order chi connectivity index (χ0) is 22.2. The number of hydrogen-bond acceptors (Lipinski definition) is 4. The fourth-order valence-corrected chi connectivity index (χ4v) is 2.84. The van der Waals surface area contributed by atoms with E-state index in [9.17, 15) is 9.59 Å². The Morgan fingerprint density at radius 2 is 1.71 bits per heavy atom. The Morgan fingerprint density at radius 3 is 2.48 bits per heavy atom. The zero-order valence-electron chi connectivity index (χ0n) is 17.8. The topological polar surface area (TPSA) is 79.8 Å². The normalized spacial score (nSPS) is 10.7. The number of benzene rings is 3. The first-order chi connectivity index (χ1) is 14.9. The molecule has 158 valence electrons. The predicted octanol–water partition coefficient (Wildman–Crippen LogP) is 4.39. The lowest BCUT2D eigenvalue weighted by atomic mass is 10.1. The van der Waals surface area contributed by atoms with Gasteiger partial charge in [-0.1, -0.05) is 42.0 Å². The minimum Gasteiger partial charge on any atom is -0.484 e. The van der Waals surface area contributed by atoms with Crippen molar-refractivity contribution in [3.8, 4) is 5.75 Å². The van der Waals surface area contributed by atoms with Crippen molar-refractivity contribution < 1.29 is 14.3 Å². The van der Waals surface area contributed by atoms with Crippen molar-refractivity contribution in [2.45, 2.75) is 20.8 Å². The van der Waals surface area contributed by atoms with Crippen LogP contribution in [0, 0.1) is 20.8 Å². The molecule has 0 saturated heterocycles. The number of nitrogens with one attached hydrogen (secondary N) is 2. The summed E-state index contributed by atoms with van der Waals surface area (Å²) in [7, 11) is 0. The Kier molecular flexibility index (Phi) is 7.17. The fraction of sp³-hybridized carbons (Fsp3) is 0.160. The molecule has 3 aromatic carbocycles. The van der Waals surface area contributed by atoms with Crippen LogP contribution >= 0.6 is 0 Å². The van der Waals surface area contributed by atoms with E-state index in [1.807, 2.05) is 57.2 Å². The minimum absolute atomic E-state index is 0.113. The number of rotatable bonds is 7. The summed E-state index contributed by atoms with van der Waals surface area (Å²) in [6.07, 6.45) is 1.52. The Hall–Kier alpha value is -3.93. The van der Waals surface area contributed by atoms with Crippen LogP contribution in [-0.4, -0.2) is 24.6 Å². The second-order valence-electron chi connectivity index (χ2n) is 7.22. The summed E-state index contributed by atoms with van der Waals surface area (Å²) >= 11 is 0. The number of amides is 2. The quantitative estimate of drug-likeness (QED) is 0.444. The third kappa shape index (κ3) is 6.27. The molecule has 6 nitrogen and oxygen atoms in total. The Balaban J connectivity index is 1.53. The molecule has 0 fully saturated rings. The lowest BCUT2D eigenvalue weighted by Crippen LogP contribution is -2.20. The monoisotopic (exact) mass is 415 g/mol. The maximum atomic E-state index is 12.2. The summed E-state index contributed by atoms with van der Waals surface area (Å²) in [5.74, 6) is 0.00910. The molecule has 0 radical (unpaired) electrons. The molecular weight excluding hydrogens is 390 g/mol. The van der Waals surface area contributed by atoms with Crippen LogP contribution in [0.4, 0.5) is 5.69 Å². The number of carbonyl (C=O) groups excluding carboxylic acids is 2. The van der Waals surface area contributed by atoms with Crippen molar-refractivity contribution in [1.82, 2.24) is 5.43 Å². The zero-order valence-corrected chi connectivity index (χ0v) is 17.8. The summed E-state index contributed by atoms with van der Waals surface area (Å²) in [4.78, 5) is 24.3. The number of aryl methyl sites for hydroxylation is 2. The van der Waals surface area contributed by atoms with E-state index >= 15 is 0 Å². The van der Waals surface area contributed by atoms with E-state index in [1.54, 1.807) is 30.3 Å². The molecule has 0 spiro atoms. The van der Waals surface area contributed by atoms with E-state index in [4.69, 9.17) is 4.74 Å². The van der Waals surface area contributed by atoms with Crippen LogP contribution in [0.15, 0.2) is 71.8 Å². The number of hydrazone groups is 1. The van der Waals surface area contributed by atoms with Crippen LogP contribution in [0.5, 0.6) is 5.75 Å². The van der Waals surface area contributed by atoms with Gasteiger partial charge in [0.05, 0.1) is 6.21 Å². The second-order valence-corrected chi connectivity index (χ2v) is 7.22. The summed E-state index contributed by atoms with van der Waals surface area (Å²) in [5.41, 5.74) is 7.77. The second kappa shape index (κ2) is 10.2. The van der Waals surface area contributed by atoms with Gasteiger partial charge in [0.15, 0.2) is 6.61 Å². The average molecular weight is 415 g/mol. The van der Waals surface area contributed by atoms with Crippen LogP contribution in [-0.2, 0) is 4.79 Å². The Bertz CT molecular complexity index is 1110. The molecule has 2 N–H and O–H groups in total. The number of carbonyl (C=O) groups is 2. The van der Waals surface area contributed by atoms with Crippen molar-refractivity contribution >= 4 is 23.7 Å². The lowest BCUT2D eigenvalue weighted by Gasteiger charge is -2.11. The molecule has 0 unspecified atom stereocenters. The molecule has 0 atom stereocenters. The largest absolute Gasteiger partial charge is 0.484 e. The predicted molar refractivity (Wildman–Crippen MR) is 123 cm³/mol. The van der Waals surface area contributed by atoms with E-state index in [0.717, 1.165) is 27.9 Å². The molecule has 0 aliphatic rings. The molecule has 0 saturated carbocycles. The fourth-order valence-electron chi connectivity index (χ4n) is 2.84. The van der Waals surface area contributed by atoms with Gasteiger partial charge >= 0.3 is 0 Å². The van der Waals surface area contributed by atoms with E-state index in [-0.39, 0.29) is 18.4 Å². The number of hydrogen-bond donors (Lipinski definition) is 2. The Morgan fingerprint density at radius 1 is 0.968 bits per heavy atom. The summed E-state index contributed by atoms with van der Waals surface area (Å²) in [6, 6.07) is 20.1. The molecule has 0 aliphatic carbocycles. The molecular formula is C25H25N3O3. The van der Waals surface area contributed by atoms with E-state index in [1.165, 1.54) is 6.21 Å². The van der Waals surface area contributed by atoms with Crippen molar-refractivity contribution in [2.75, 3.05) is 11.9 Å². The van der Waals surface area contributed by atoms with Crippen LogP contribution in [0.1, 0.15) is 32.6 Å². The van der Waals surface area contributed by atoms with Gasteiger partial charge in [0.1, 0.15) is 5.75 Å². The first-order valence-electron chi connectivity index (χ1n) is 9.91. The van der Waals surface area contributed by atoms with Crippen LogP contribution < -0.4 is 15.5 Å². The maximum Gasteiger partial charge on any atom is 0.271 e. The van der Waals surface area contributed by atoms with Gasteiger partial charge < -0.3 is 10.1 Å². The average Bonchev–Trinajstić information content (AvgIpc) is 2.76. The van der Waals surface area contributed by atoms with Gasteiger partial charge in [-0.05, 0) is 67.8 Å². The number of anilines is 1. The van der Waals surface area contributed by atoms with Crippen LogP contribution in [0.25, 0.3) is 0 Å². The van der Waals surface area contributed by atoms with Crippen LogP contribution in [0.3, 0.4) is 0 Å². The van der Waals surface area contributed by atoms with Gasteiger partial charge in [0, 0.05) is 11.3 Å². The number of nitrogens with zero attached hydrogens (tertiary/aromatic N) is 1. The number of ether oxygens (including phenoxy) is 1. The highest BCUT2D eigenvalue weighted by Gasteiger charge is 2.07. The van der Waals surface area contributed by atoms with Gasteiger partial charge in [0.2, 0.25) is 0 Å². The molecule has 3 rings (SSSR count). The van der Waals surface area contributed by atoms with E-state index < -0.39 is 0 Å². The first-order valence-corrected chi connectivity index (χ1v) is 9.91. The van der Waals surface area contributed by atoms with Gasteiger partial charge in [-0.3, -0.25) is 9.59 Å². The SMILES string of the molecule is Cc1ccc(C(=O)N/N=C/c2cccc(OCC(=O)Nc3cccc(C)c3C)c2)cc1. The highest BCUT2D eigenvalue weighted by molar-refractivity contribution is 5.95. The molecule has 0 heterocycles. The summed E-state index contributed by atoms with van der Waals surface area (Å²) < 4.78 is 5.60. The maximum absolute atomic E-state index is 12.2. The molecule has 0 bridgehead atoms. The molecule has 0 aromatic heterocycles. The summed E-state index contributed by atoms with van der Waals surface area (Å²) in [5, 5.41) is 6.85. The van der Waals surface area contributed by atoms with E-state index in [0.29, 0.717) is 11.3 Å². The molecule has 3 aromatic rings. The minimum atomic E-state index is -0.285. The lowest BCUT2D eigenvalue weighted by molar-refractivity contribution is -0.118. The van der Waals surface area contributed by atoms with Crippen molar-refractivity contribution in [3.63, 3.8) is 0 Å². The van der Waals surface area contributed by atoms with E-state index in [2.05, 4.69) is 15.8 Å². The van der Waals surface area contributed by atoms with Crippen LogP contribution in [0.2, 0.25) is 0 Å². The smallest absolute Gasteiger partial charge is 0.271 e. The molecule has 2 amide bonds. The van der Waals surface area contributed by atoms with Gasteiger partial charge in [-0.25, -0.2) is 5.43 Å². The first kappa shape index (κ1) is 21.8. The highest BCUT2D eigenvalue weighted by Crippen LogP contribution is 2.18. The molecule has 0 aliphatic heterocycles. The van der Waals surface area contributed by atoms with Gasteiger partial charge in [-0.15, -0.1) is 0 Å². The van der Waals surface area contributed by atoms with Crippen molar-refractivity contribution in [1.29, 1.82) is 0 Å². The Labute approximate surface area is 182 Å². The third-order valence-electron chi connectivity index (χ3n) is 4.80. The van der Waals surface area contributed by atoms with Crippen molar-refractivity contribution in [2.24, 2.45) is 5.10 Å². The molecule has 6 heteroatoms. The molecule has 31 heavy (non-hydrogen) atoms.